The van der Waals surface area contributed by atoms with E-state index in [2.05, 4.69) is 11.6 Å². The number of sulfonamides is 1. The van der Waals surface area contributed by atoms with Crippen LogP contribution in [-0.2, 0) is 16.4 Å². The van der Waals surface area contributed by atoms with Crippen molar-refractivity contribution in [3.05, 3.63) is 29.8 Å². The Balaban J connectivity index is 3.02. The van der Waals surface area contributed by atoms with E-state index >= 15 is 0 Å². The van der Waals surface area contributed by atoms with Crippen molar-refractivity contribution in [2.75, 3.05) is 0 Å². The molecule has 0 spiro atoms. The predicted molar refractivity (Wildman–Crippen MR) is 81.4 cm³/mol. The number of aryl methyl sites for hydroxylation is 1. The molecule has 20 heavy (non-hydrogen) atoms. The van der Waals surface area contributed by atoms with Crippen LogP contribution in [0.2, 0.25) is 0 Å². The second kappa shape index (κ2) is 6.37. The third-order valence-corrected chi connectivity index (χ3v) is 5.05. The van der Waals surface area contributed by atoms with E-state index in [1.54, 1.807) is 26.0 Å². The van der Waals surface area contributed by atoms with Crippen LogP contribution < -0.4 is 10.5 Å². The molecule has 112 valence electrons. The molecule has 0 aliphatic rings. The maximum absolute atomic E-state index is 12.3. The number of nitrogens with two attached hydrogens (primary N) is 1. The van der Waals surface area contributed by atoms with Gasteiger partial charge >= 0.3 is 0 Å². The zero-order chi connectivity index (χ0) is 15.4. The van der Waals surface area contributed by atoms with Gasteiger partial charge in [0.15, 0.2) is 0 Å². The van der Waals surface area contributed by atoms with Gasteiger partial charge in [0.25, 0.3) is 0 Å². The van der Waals surface area contributed by atoms with Crippen molar-refractivity contribution in [2.24, 2.45) is 5.73 Å². The summed E-state index contributed by atoms with van der Waals surface area (Å²) < 4.78 is 27.1. The van der Waals surface area contributed by atoms with E-state index in [1.165, 1.54) is 0 Å². The zero-order valence-corrected chi connectivity index (χ0v) is 13.0. The first kappa shape index (κ1) is 16.7. The molecule has 0 aromatic heterocycles. The molecule has 0 saturated heterocycles. The molecule has 6 heteroatoms. The molecule has 5 nitrogen and oxygen atoms in total. The van der Waals surface area contributed by atoms with Crippen LogP contribution in [0, 0.1) is 5.41 Å². The molecule has 0 aliphatic heterocycles. The van der Waals surface area contributed by atoms with Crippen LogP contribution in [0.15, 0.2) is 29.2 Å². The van der Waals surface area contributed by atoms with Crippen LogP contribution in [0.5, 0.6) is 0 Å². The van der Waals surface area contributed by atoms with Crippen molar-refractivity contribution in [2.45, 2.75) is 50.5 Å². The predicted octanol–water partition coefficient (Wildman–Crippen LogP) is 2.02. The molecule has 0 aliphatic carbocycles. The van der Waals surface area contributed by atoms with Crippen LogP contribution in [0.3, 0.4) is 0 Å². The minimum Gasteiger partial charge on any atom is -0.386 e. The minimum absolute atomic E-state index is 0.189. The molecule has 1 aromatic carbocycles. The molecule has 0 radical (unpaired) electrons. The van der Waals surface area contributed by atoms with Gasteiger partial charge in [-0.05, 0) is 37.5 Å². The van der Waals surface area contributed by atoms with Gasteiger partial charge in [0.1, 0.15) is 5.84 Å². The molecule has 0 saturated carbocycles. The van der Waals surface area contributed by atoms with Gasteiger partial charge in [0.05, 0.1) is 10.4 Å². The molecule has 0 bridgehead atoms. The van der Waals surface area contributed by atoms with Crippen molar-refractivity contribution in [3.8, 4) is 0 Å². The maximum atomic E-state index is 12.3. The molecule has 0 amide bonds. The van der Waals surface area contributed by atoms with E-state index < -0.39 is 15.6 Å². The van der Waals surface area contributed by atoms with E-state index in [0.717, 1.165) is 18.4 Å². The Bertz CT molecular complexity index is 567. The molecular formula is C14H23N3O2S. The van der Waals surface area contributed by atoms with Crippen LogP contribution in [0.25, 0.3) is 0 Å². The van der Waals surface area contributed by atoms with Gasteiger partial charge in [-0.25, -0.2) is 8.42 Å². The Morgan fingerprint density at radius 1 is 1.30 bits per heavy atom. The fourth-order valence-corrected chi connectivity index (χ4v) is 3.26. The smallest absolute Gasteiger partial charge is 0.241 e. The van der Waals surface area contributed by atoms with Crippen LogP contribution in [-0.4, -0.2) is 19.8 Å². The van der Waals surface area contributed by atoms with E-state index in [9.17, 15) is 8.42 Å². The Kier molecular flexibility index (Phi) is 5.30. The van der Waals surface area contributed by atoms with E-state index in [-0.39, 0.29) is 10.7 Å². The number of rotatable bonds is 7. The van der Waals surface area contributed by atoms with Crippen LogP contribution in [0.4, 0.5) is 0 Å². The van der Waals surface area contributed by atoms with Crippen molar-refractivity contribution in [1.29, 1.82) is 5.41 Å². The number of hydrogen-bond acceptors (Lipinski definition) is 3. The summed E-state index contributed by atoms with van der Waals surface area (Å²) in [5.41, 5.74) is 5.54. The average molecular weight is 297 g/mol. The SMILES string of the molecule is CCCc1ccc(S(=O)(=O)NC(C)(CC)C(=N)N)cc1. The summed E-state index contributed by atoms with van der Waals surface area (Å²) in [4.78, 5) is 0.193. The molecule has 1 unspecified atom stereocenters. The largest absolute Gasteiger partial charge is 0.386 e. The lowest BCUT2D eigenvalue weighted by Crippen LogP contribution is -2.54. The summed E-state index contributed by atoms with van der Waals surface area (Å²) in [6.07, 6.45) is 2.35. The number of benzene rings is 1. The van der Waals surface area contributed by atoms with Gasteiger partial charge in [-0.2, -0.15) is 4.72 Å². The summed E-state index contributed by atoms with van der Waals surface area (Å²) in [7, 11) is -3.68. The highest BCUT2D eigenvalue weighted by atomic mass is 32.2. The Morgan fingerprint density at radius 3 is 2.25 bits per heavy atom. The first-order valence-corrected chi connectivity index (χ1v) is 8.21. The van der Waals surface area contributed by atoms with Crippen molar-refractivity contribution < 1.29 is 8.42 Å². The maximum Gasteiger partial charge on any atom is 0.241 e. The van der Waals surface area contributed by atoms with E-state index in [0.29, 0.717) is 6.42 Å². The van der Waals surface area contributed by atoms with Crippen molar-refractivity contribution >= 4 is 15.9 Å². The molecule has 1 atom stereocenters. The summed E-state index contributed by atoms with van der Waals surface area (Å²) in [6, 6.07) is 6.80. The third-order valence-electron chi connectivity index (χ3n) is 3.43. The summed E-state index contributed by atoms with van der Waals surface area (Å²) >= 11 is 0. The summed E-state index contributed by atoms with van der Waals surface area (Å²) in [5, 5.41) is 7.53. The molecule has 1 rings (SSSR count). The number of nitrogens with one attached hydrogen (secondary N) is 2. The lowest BCUT2D eigenvalue weighted by atomic mass is 10.00. The second-order valence-corrected chi connectivity index (χ2v) is 6.78. The van der Waals surface area contributed by atoms with E-state index in [1.807, 2.05) is 12.1 Å². The third kappa shape index (κ3) is 3.80. The van der Waals surface area contributed by atoms with Gasteiger partial charge < -0.3 is 5.73 Å². The van der Waals surface area contributed by atoms with Crippen LogP contribution >= 0.6 is 0 Å². The average Bonchev–Trinajstić information content (AvgIpc) is 2.39. The molecule has 0 fully saturated rings. The monoisotopic (exact) mass is 297 g/mol. The Hall–Kier alpha value is -1.40. The van der Waals surface area contributed by atoms with Crippen molar-refractivity contribution in [3.63, 3.8) is 0 Å². The highest BCUT2D eigenvalue weighted by molar-refractivity contribution is 7.89. The standard InChI is InChI=1S/C14H23N3O2S/c1-4-6-11-7-9-12(10-8-11)20(18,19)17-14(3,5-2)13(15)16/h7-10,17H,4-6H2,1-3H3,(H3,15,16). The first-order valence-electron chi connectivity index (χ1n) is 6.72. The normalized spacial score (nSPS) is 14.8. The highest BCUT2D eigenvalue weighted by Crippen LogP contribution is 2.17. The summed E-state index contributed by atoms with van der Waals surface area (Å²) in [6.45, 7) is 5.47. The number of amidine groups is 1. The molecular weight excluding hydrogens is 274 g/mol. The second-order valence-electron chi connectivity index (χ2n) is 5.10. The van der Waals surface area contributed by atoms with Crippen LogP contribution in [0.1, 0.15) is 39.2 Å². The first-order chi connectivity index (χ1) is 9.25. The highest BCUT2D eigenvalue weighted by Gasteiger charge is 2.31. The molecule has 4 N–H and O–H groups in total. The number of hydrogen-bond donors (Lipinski definition) is 3. The molecule has 0 heterocycles. The quantitative estimate of drug-likeness (QED) is 0.530. The minimum atomic E-state index is -3.68. The van der Waals surface area contributed by atoms with E-state index in [4.69, 9.17) is 11.1 Å². The molecule has 1 aromatic rings. The lowest BCUT2D eigenvalue weighted by Gasteiger charge is -2.27. The van der Waals surface area contributed by atoms with Gasteiger partial charge in [-0.1, -0.05) is 32.4 Å². The topological polar surface area (TPSA) is 96.0 Å². The van der Waals surface area contributed by atoms with Crippen molar-refractivity contribution in [1.82, 2.24) is 4.72 Å². The lowest BCUT2D eigenvalue weighted by molar-refractivity contribution is 0.505. The van der Waals surface area contributed by atoms with Gasteiger partial charge in [-0.15, -0.1) is 0 Å². The fraction of sp³-hybridized carbons (Fsp3) is 0.500. The van der Waals surface area contributed by atoms with Gasteiger partial charge in [0, 0.05) is 0 Å². The summed E-state index contributed by atoms with van der Waals surface area (Å²) in [5.74, 6) is -0.189. The zero-order valence-electron chi connectivity index (χ0n) is 12.2. The Labute approximate surface area is 121 Å². The Morgan fingerprint density at radius 2 is 1.85 bits per heavy atom. The van der Waals surface area contributed by atoms with Gasteiger partial charge in [-0.3, -0.25) is 5.41 Å². The van der Waals surface area contributed by atoms with Gasteiger partial charge in [0.2, 0.25) is 10.0 Å². The fourth-order valence-electron chi connectivity index (χ4n) is 1.80.